The molecular weight excluding hydrogens is 544 g/mol. The lowest BCUT2D eigenvalue weighted by atomic mass is 9.72. The summed E-state index contributed by atoms with van der Waals surface area (Å²) in [7, 11) is 0. The summed E-state index contributed by atoms with van der Waals surface area (Å²) in [5.41, 5.74) is 16.5. The Kier molecular flexibility index (Phi) is 4.72. The van der Waals surface area contributed by atoms with Gasteiger partial charge in [-0.3, -0.25) is 0 Å². The molecule has 2 heteroatoms. The molecule has 0 fully saturated rings. The van der Waals surface area contributed by atoms with Crippen molar-refractivity contribution in [1.29, 1.82) is 10.5 Å². The Balaban J connectivity index is 1.34. The quantitative estimate of drug-likeness (QED) is 0.181. The third kappa shape index (κ3) is 2.94. The Morgan fingerprint density at radius 2 is 0.844 bits per heavy atom. The predicted molar refractivity (Wildman–Crippen MR) is 184 cm³/mol. The number of nitriles is 2. The summed E-state index contributed by atoms with van der Waals surface area (Å²) < 4.78 is 0. The first kappa shape index (κ1) is 26.2. The first-order valence-electron chi connectivity index (χ1n) is 15.8. The fourth-order valence-electron chi connectivity index (χ4n) is 9.31. The number of benzene rings is 6. The van der Waals surface area contributed by atoms with Crippen LogP contribution in [0.2, 0.25) is 0 Å². The Hall–Kier alpha value is -5.18. The van der Waals surface area contributed by atoms with Crippen LogP contribution in [0.5, 0.6) is 0 Å². The van der Waals surface area contributed by atoms with E-state index in [1.807, 2.05) is 12.1 Å². The van der Waals surface area contributed by atoms with E-state index >= 15 is 0 Å². The van der Waals surface area contributed by atoms with Gasteiger partial charge in [0.05, 0.1) is 23.3 Å². The SMILES string of the molecule is CC1(C)c2cc3c(cc2-c2c1cc(C#N)c1ccccc21)C(C)(C)c1c-3ccc2c1C(C)(C)c1cc(C#N)c3ccccc3c1-2. The van der Waals surface area contributed by atoms with Crippen LogP contribution in [0.1, 0.15) is 86.1 Å². The van der Waals surface area contributed by atoms with E-state index in [9.17, 15) is 10.5 Å². The molecule has 214 valence electrons. The zero-order valence-corrected chi connectivity index (χ0v) is 26.5. The molecule has 45 heavy (non-hydrogen) atoms. The van der Waals surface area contributed by atoms with Crippen LogP contribution >= 0.6 is 0 Å². The van der Waals surface area contributed by atoms with Crippen LogP contribution in [0.15, 0.2) is 84.9 Å². The second-order valence-corrected chi connectivity index (χ2v) is 14.7. The van der Waals surface area contributed by atoms with Gasteiger partial charge >= 0.3 is 0 Å². The number of hydrogen-bond acceptors (Lipinski definition) is 2. The minimum atomic E-state index is -0.260. The number of fused-ring (bicyclic) bond motifs is 14. The maximum Gasteiger partial charge on any atom is 0.0998 e. The highest BCUT2D eigenvalue weighted by Gasteiger charge is 2.48. The molecule has 0 saturated carbocycles. The molecule has 0 atom stereocenters. The van der Waals surface area contributed by atoms with E-state index < -0.39 is 0 Å². The van der Waals surface area contributed by atoms with E-state index in [0.717, 1.165) is 32.7 Å². The number of nitrogens with zero attached hydrogens (tertiary/aromatic N) is 2. The van der Waals surface area contributed by atoms with E-state index in [0.29, 0.717) is 0 Å². The molecule has 0 N–H and O–H groups in total. The lowest BCUT2D eigenvalue weighted by Crippen LogP contribution is -2.24. The molecule has 3 aliphatic rings. The summed E-state index contributed by atoms with van der Waals surface area (Å²) in [6.07, 6.45) is 0. The normalized spacial score (nSPS) is 16.7. The standard InChI is InChI=1S/C43H32N2/c1-41(2)34-19-31-29-15-16-30-37-27-13-9-7-11-25(27)24(22-45)18-36(37)43(5,6)40(30)39(29)42(3,4)33(31)20-32(34)38-28-14-10-8-12-26(28)23(21-44)17-35(38)41/h7-20H,1-6H3. The highest BCUT2D eigenvalue weighted by Crippen LogP contribution is 2.62. The van der Waals surface area contributed by atoms with E-state index in [2.05, 4.69) is 126 Å². The van der Waals surface area contributed by atoms with Gasteiger partial charge < -0.3 is 0 Å². The largest absolute Gasteiger partial charge is 0.192 e. The zero-order valence-electron chi connectivity index (χ0n) is 26.5. The number of rotatable bonds is 0. The van der Waals surface area contributed by atoms with Crippen molar-refractivity contribution in [2.24, 2.45) is 0 Å². The van der Waals surface area contributed by atoms with E-state index in [1.165, 1.54) is 66.8 Å². The van der Waals surface area contributed by atoms with Crippen molar-refractivity contribution in [2.75, 3.05) is 0 Å². The van der Waals surface area contributed by atoms with Gasteiger partial charge in [-0.25, -0.2) is 0 Å². The summed E-state index contributed by atoms with van der Waals surface area (Å²) in [6.45, 7) is 14.1. The minimum absolute atomic E-state index is 0.229. The van der Waals surface area contributed by atoms with Crippen LogP contribution < -0.4 is 0 Å². The van der Waals surface area contributed by atoms with Gasteiger partial charge in [-0.1, -0.05) is 102 Å². The molecule has 9 rings (SSSR count). The third-order valence-electron chi connectivity index (χ3n) is 11.5. The van der Waals surface area contributed by atoms with Gasteiger partial charge in [0.15, 0.2) is 0 Å². The smallest absolute Gasteiger partial charge is 0.0998 e. The van der Waals surface area contributed by atoms with E-state index in [4.69, 9.17) is 0 Å². The monoisotopic (exact) mass is 576 g/mol. The van der Waals surface area contributed by atoms with Crippen LogP contribution in [-0.4, -0.2) is 0 Å². The van der Waals surface area contributed by atoms with Gasteiger partial charge in [0.1, 0.15) is 0 Å². The molecule has 6 aromatic rings. The second-order valence-electron chi connectivity index (χ2n) is 14.7. The van der Waals surface area contributed by atoms with E-state index in [1.54, 1.807) is 0 Å². The summed E-state index contributed by atoms with van der Waals surface area (Å²) in [5.74, 6) is 0. The number of hydrogen-bond donors (Lipinski definition) is 0. The van der Waals surface area contributed by atoms with Crippen LogP contribution in [-0.2, 0) is 16.2 Å². The Bertz CT molecular complexity index is 2470. The average molecular weight is 577 g/mol. The van der Waals surface area contributed by atoms with Crippen molar-refractivity contribution in [3.05, 3.63) is 129 Å². The van der Waals surface area contributed by atoms with Gasteiger partial charge in [0, 0.05) is 27.0 Å². The first-order chi connectivity index (χ1) is 21.5. The highest BCUT2D eigenvalue weighted by atomic mass is 14.5. The van der Waals surface area contributed by atoms with Crippen LogP contribution in [0.4, 0.5) is 0 Å². The molecule has 0 aromatic heterocycles. The molecule has 0 saturated heterocycles. The van der Waals surface area contributed by atoms with E-state index in [-0.39, 0.29) is 16.2 Å². The van der Waals surface area contributed by atoms with Crippen LogP contribution in [0.3, 0.4) is 0 Å². The second kappa shape index (κ2) is 8.10. The molecule has 0 aliphatic heterocycles. The van der Waals surface area contributed by atoms with Gasteiger partial charge in [-0.15, -0.1) is 0 Å². The average Bonchev–Trinajstić information content (AvgIpc) is 3.51. The molecule has 0 amide bonds. The summed E-state index contributed by atoms with van der Waals surface area (Å²) in [4.78, 5) is 0. The van der Waals surface area contributed by atoms with Crippen LogP contribution in [0.25, 0.3) is 54.9 Å². The Morgan fingerprint density at radius 1 is 0.422 bits per heavy atom. The highest BCUT2D eigenvalue weighted by molar-refractivity contribution is 6.08. The fraction of sp³-hybridized carbons (Fsp3) is 0.209. The van der Waals surface area contributed by atoms with Crippen molar-refractivity contribution >= 4 is 21.5 Å². The minimum Gasteiger partial charge on any atom is -0.192 e. The van der Waals surface area contributed by atoms with Crippen molar-refractivity contribution in [3.63, 3.8) is 0 Å². The Labute approximate surface area is 264 Å². The van der Waals surface area contributed by atoms with Gasteiger partial charge in [0.25, 0.3) is 0 Å². The topological polar surface area (TPSA) is 47.6 Å². The zero-order chi connectivity index (χ0) is 31.2. The first-order valence-corrected chi connectivity index (χ1v) is 15.8. The molecule has 0 spiro atoms. The lowest BCUT2D eigenvalue weighted by Gasteiger charge is -2.31. The molecule has 2 nitrogen and oxygen atoms in total. The van der Waals surface area contributed by atoms with Crippen LogP contribution in [0, 0.1) is 22.7 Å². The van der Waals surface area contributed by atoms with Crippen molar-refractivity contribution in [2.45, 2.75) is 57.8 Å². The summed E-state index contributed by atoms with van der Waals surface area (Å²) >= 11 is 0. The summed E-state index contributed by atoms with van der Waals surface area (Å²) in [6, 6.07) is 35.6. The molecular formula is C43H32N2. The molecule has 0 heterocycles. The van der Waals surface area contributed by atoms with Gasteiger partial charge in [-0.2, -0.15) is 10.5 Å². The maximum atomic E-state index is 10.1. The third-order valence-corrected chi connectivity index (χ3v) is 11.5. The predicted octanol–water partition coefficient (Wildman–Crippen LogP) is 10.7. The lowest BCUT2D eigenvalue weighted by molar-refractivity contribution is 0.601. The Morgan fingerprint density at radius 3 is 1.42 bits per heavy atom. The van der Waals surface area contributed by atoms with Gasteiger partial charge in [0.2, 0.25) is 0 Å². The van der Waals surface area contributed by atoms with Gasteiger partial charge in [-0.05, 0) is 102 Å². The summed E-state index contributed by atoms with van der Waals surface area (Å²) in [5, 5.41) is 24.6. The van der Waals surface area contributed by atoms with Crippen molar-refractivity contribution < 1.29 is 0 Å². The fourth-order valence-corrected chi connectivity index (χ4v) is 9.31. The molecule has 0 unspecified atom stereocenters. The molecule has 0 radical (unpaired) electrons. The molecule has 6 aromatic carbocycles. The maximum absolute atomic E-state index is 10.1. The molecule has 0 bridgehead atoms. The molecule has 3 aliphatic carbocycles. The van der Waals surface area contributed by atoms with Crippen molar-refractivity contribution in [3.8, 4) is 45.5 Å². The van der Waals surface area contributed by atoms with Crippen molar-refractivity contribution in [1.82, 2.24) is 0 Å².